The van der Waals surface area contributed by atoms with Gasteiger partial charge in [-0.15, -0.1) is 0 Å². The van der Waals surface area contributed by atoms with Crippen LogP contribution in [0.2, 0.25) is 0 Å². The van der Waals surface area contributed by atoms with E-state index >= 15 is 0 Å². The van der Waals surface area contributed by atoms with Crippen LogP contribution in [-0.4, -0.2) is 56.8 Å². The summed E-state index contributed by atoms with van der Waals surface area (Å²) in [7, 11) is -3.83. The van der Waals surface area contributed by atoms with Gasteiger partial charge in [0.25, 0.3) is 0 Å². The first-order chi connectivity index (χ1) is 16.5. The third kappa shape index (κ3) is 6.88. The van der Waals surface area contributed by atoms with Crippen molar-refractivity contribution < 1.29 is 27.5 Å². The molecule has 0 aromatic heterocycles. The average Bonchev–Trinajstić information content (AvgIpc) is 3.28. The zero-order valence-electron chi connectivity index (χ0n) is 20.2. The van der Waals surface area contributed by atoms with Crippen molar-refractivity contribution >= 4 is 43.5 Å². The second-order valence-electron chi connectivity index (χ2n) is 8.45. The van der Waals surface area contributed by atoms with Crippen molar-refractivity contribution in [3.05, 3.63) is 52.5 Å². The van der Waals surface area contributed by atoms with Gasteiger partial charge >= 0.3 is 0 Å². The van der Waals surface area contributed by atoms with Crippen LogP contribution in [0.25, 0.3) is 0 Å². The molecule has 2 amide bonds. The monoisotopic (exact) mass is 567 g/mol. The first-order valence-corrected chi connectivity index (χ1v) is 13.9. The fraction of sp³-hybridized carbons (Fsp3) is 0.417. The molecule has 2 atom stereocenters. The largest absolute Gasteiger partial charge is 0.454 e. The van der Waals surface area contributed by atoms with Crippen LogP contribution in [0.4, 0.5) is 5.69 Å². The third-order valence-electron chi connectivity index (χ3n) is 5.76. The molecular formula is C24H30BrN3O6S. The van der Waals surface area contributed by atoms with Crippen LogP contribution in [0.15, 0.2) is 46.9 Å². The van der Waals surface area contributed by atoms with Gasteiger partial charge in [-0.1, -0.05) is 35.0 Å². The number of fused-ring (bicyclic) bond motifs is 1. The van der Waals surface area contributed by atoms with Crippen molar-refractivity contribution in [1.82, 2.24) is 10.2 Å². The topological polar surface area (TPSA) is 105 Å². The number of nitrogens with one attached hydrogen (secondary N) is 1. The maximum absolute atomic E-state index is 13.6. The number of rotatable bonds is 10. The van der Waals surface area contributed by atoms with Crippen LogP contribution in [0, 0.1) is 0 Å². The Morgan fingerprint density at radius 3 is 2.37 bits per heavy atom. The fourth-order valence-corrected chi connectivity index (χ4v) is 4.59. The molecule has 0 unspecified atom stereocenters. The Balaban J connectivity index is 1.90. The van der Waals surface area contributed by atoms with E-state index in [1.165, 1.54) is 11.0 Å². The van der Waals surface area contributed by atoms with E-state index in [1.807, 2.05) is 38.1 Å². The Labute approximate surface area is 214 Å². The molecule has 190 valence electrons. The number of benzene rings is 2. The van der Waals surface area contributed by atoms with Gasteiger partial charge < -0.3 is 19.7 Å². The molecule has 2 aromatic carbocycles. The summed E-state index contributed by atoms with van der Waals surface area (Å²) < 4.78 is 37.9. The predicted octanol–water partition coefficient (Wildman–Crippen LogP) is 3.28. The zero-order valence-corrected chi connectivity index (χ0v) is 22.6. The normalized spacial score (nSPS) is 14.2. The van der Waals surface area contributed by atoms with Crippen molar-refractivity contribution in [3.63, 3.8) is 0 Å². The van der Waals surface area contributed by atoms with Gasteiger partial charge in [0.2, 0.25) is 28.6 Å². The van der Waals surface area contributed by atoms with Gasteiger partial charge in [0.05, 0.1) is 11.9 Å². The zero-order chi connectivity index (χ0) is 25.8. The average molecular weight is 568 g/mol. The minimum Gasteiger partial charge on any atom is -0.454 e. The highest BCUT2D eigenvalue weighted by molar-refractivity contribution is 9.10. The maximum atomic E-state index is 13.6. The van der Waals surface area contributed by atoms with Crippen molar-refractivity contribution in [2.24, 2.45) is 0 Å². The summed E-state index contributed by atoms with van der Waals surface area (Å²) in [5, 5.41) is 2.90. The summed E-state index contributed by atoms with van der Waals surface area (Å²) in [6, 6.07) is 11.2. The third-order valence-corrected chi connectivity index (χ3v) is 7.43. The molecule has 35 heavy (non-hydrogen) atoms. The van der Waals surface area contributed by atoms with Crippen LogP contribution in [-0.2, 0) is 26.2 Å². The van der Waals surface area contributed by atoms with E-state index in [4.69, 9.17) is 9.47 Å². The molecule has 3 rings (SSSR count). The molecule has 0 saturated heterocycles. The Kier molecular flexibility index (Phi) is 8.65. The lowest BCUT2D eigenvalue weighted by molar-refractivity contribution is -0.139. The Bertz CT molecular complexity index is 1170. The number of carbonyl (C=O) groups excluding carboxylic acids is 2. The number of nitrogens with zero attached hydrogens (tertiary/aromatic N) is 2. The number of ether oxygens (including phenoxy) is 2. The molecule has 1 heterocycles. The molecule has 0 fully saturated rings. The van der Waals surface area contributed by atoms with Crippen LogP contribution in [0.1, 0.15) is 32.8 Å². The molecule has 11 heteroatoms. The number of anilines is 1. The van der Waals surface area contributed by atoms with Crippen molar-refractivity contribution in [2.75, 3.05) is 23.9 Å². The lowest BCUT2D eigenvalue weighted by Gasteiger charge is -2.32. The summed E-state index contributed by atoms with van der Waals surface area (Å²) in [5.74, 6) is 0.0824. The van der Waals surface area contributed by atoms with Gasteiger partial charge in [-0.05, 0) is 50.1 Å². The first-order valence-electron chi connectivity index (χ1n) is 11.2. The van der Waals surface area contributed by atoms with Crippen molar-refractivity contribution in [1.29, 1.82) is 0 Å². The van der Waals surface area contributed by atoms with Gasteiger partial charge in [-0.25, -0.2) is 8.42 Å². The highest BCUT2D eigenvalue weighted by Gasteiger charge is 2.31. The number of amides is 2. The number of halogens is 1. The number of sulfonamides is 1. The minimum absolute atomic E-state index is 0.0420. The molecule has 0 aliphatic carbocycles. The Hall–Kier alpha value is -2.79. The Morgan fingerprint density at radius 1 is 1.09 bits per heavy atom. The van der Waals surface area contributed by atoms with E-state index < -0.39 is 28.5 Å². The summed E-state index contributed by atoms with van der Waals surface area (Å²) in [4.78, 5) is 27.9. The predicted molar refractivity (Wildman–Crippen MR) is 137 cm³/mol. The quantitative estimate of drug-likeness (QED) is 0.472. The second kappa shape index (κ2) is 11.3. The van der Waals surface area contributed by atoms with Gasteiger partial charge in [-0.3, -0.25) is 13.9 Å². The fourth-order valence-electron chi connectivity index (χ4n) is 3.49. The van der Waals surface area contributed by atoms with E-state index in [0.29, 0.717) is 11.5 Å². The highest BCUT2D eigenvalue weighted by atomic mass is 79.9. The molecule has 0 saturated carbocycles. The number of hydrogen-bond donors (Lipinski definition) is 1. The molecule has 0 spiro atoms. The van der Waals surface area contributed by atoms with E-state index in [0.717, 1.165) is 27.0 Å². The van der Waals surface area contributed by atoms with Gasteiger partial charge in [-0.2, -0.15) is 0 Å². The maximum Gasteiger partial charge on any atom is 0.244 e. The number of hydrogen-bond acceptors (Lipinski definition) is 6. The van der Waals surface area contributed by atoms with Crippen LogP contribution in [0.3, 0.4) is 0 Å². The Morgan fingerprint density at radius 2 is 1.74 bits per heavy atom. The standard InChI is InChI=1S/C24H30BrN3O6S/c1-5-16(2)26-24(30)17(3)27(13-18-6-8-19(25)9-7-18)23(29)14-28(35(4,31)32)20-10-11-21-22(12-20)34-15-33-21/h6-12,16-17H,5,13-15H2,1-4H3,(H,26,30)/t16-,17+/m0/s1. The summed E-state index contributed by atoms with van der Waals surface area (Å²) in [6.07, 6.45) is 1.77. The van der Waals surface area contributed by atoms with E-state index in [1.54, 1.807) is 19.1 Å². The molecule has 0 radical (unpaired) electrons. The molecule has 2 aromatic rings. The summed E-state index contributed by atoms with van der Waals surface area (Å²) in [6.45, 7) is 5.18. The highest BCUT2D eigenvalue weighted by Crippen LogP contribution is 2.36. The van der Waals surface area contributed by atoms with E-state index in [-0.39, 0.29) is 31.0 Å². The van der Waals surface area contributed by atoms with Gasteiger partial charge in [0.15, 0.2) is 11.5 Å². The molecular weight excluding hydrogens is 538 g/mol. The van der Waals surface area contributed by atoms with Crippen molar-refractivity contribution in [2.45, 2.75) is 45.8 Å². The SMILES string of the molecule is CC[C@H](C)NC(=O)[C@@H](C)N(Cc1ccc(Br)cc1)C(=O)CN(c1ccc2c(c1)OCO2)S(C)(=O)=O. The molecule has 9 nitrogen and oxygen atoms in total. The van der Waals surface area contributed by atoms with Crippen LogP contribution in [0.5, 0.6) is 11.5 Å². The summed E-state index contributed by atoms with van der Waals surface area (Å²) in [5.41, 5.74) is 1.07. The van der Waals surface area contributed by atoms with Gasteiger partial charge in [0.1, 0.15) is 12.6 Å². The second-order valence-corrected chi connectivity index (χ2v) is 11.3. The lowest BCUT2D eigenvalue weighted by Crippen LogP contribution is -2.52. The first kappa shape index (κ1) is 26.8. The molecule has 1 aliphatic heterocycles. The number of carbonyl (C=O) groups is 2. The summed E-state index contributed by atoms with van der Waals surface area (Å²) >= 11 is 3.39. The van der Waals surface area contributed by atoms with E-state index in [2.05, 4.69) is 21.2 Å². The molecule has 1 N–H and O–H groups in total. The van der Waals surface area contributed by atoms with E-state index in [9.17, 15) is 18.0 Å². The van der Waals surface area contributed by atoms with Crippen molar-refractivity contribution in [3.8, 4) is 11.5 Å². The minimum atomic E-state index is -3.83. The van der Waals surface area contributed by atoms with Crippen LogP contribution < -0.4 is 19.1 Å². The van der Waals surface area contributed by atoms with Gasteiger partial charge in [0, 0.05) is 23.1 Å². The molecule has 0 bridgehead atoms. The smallest absolute Gasteiger partial charge is 0.244 e. The molecule has 1 aliphatic rings. The van der Waals surface area contributed by atoms with Crippen LogP contribution >= 0.6 is 15.9 Å². The lowest BCUT2D eigenvalue weighted by atomic mass is 10.1.